The van der Waals surface area contributed by atoms with Crippen molar-refractivity contribution in [3.63, 3.8) is 0 Å². The number of hydrogen-bond acceptors (Lipinski definition) is 6. The van der Waals surface area contributed by atoms with Crippen LogP contribution in [0.2, 0.25) is 0 Å². The highest BCUT2D eigenvalue weighted by Gasteiger charge is 2.30. The van der Waals surface area contributed by atoms with Crippen LogP contribution in [-0.4, -0.2) is 24.4 Å². The predicted molar refractivity (Wildman–Crippen MR) is 102 cm³/mol. The van der Waals surface area contributed by atoms with E-state index in [2.05, 4.69) is 10.2 Å². The van der Waals surface area contributed by atoms with E-state index < -0.39 is 21.6 Å². The van der Waals surface area contributed by atoms with Gasteiger partial charge >= 0.3 is 6.18 Å². The smallest absolute Gasteiger partial charge is 0.374 e. The average Bonchev–Trinajstić information content (AvgIpc) is 3.08. The molecule has 28 heavy (non-hydrogen) atoms. The summed E-state index contributed by atoms with van der Waals surface area (Å²) in [5.41, 5.74) is 5.70. The second-order valence-electron chi connectivity index (χ2n) is 5.78. The molecule has 0 aliphatic heterocycles. The molecule has 146 valence electrons. The molecule has 0 unspecified atom stereocenters. The van der Waals surface area contributed by atoms with Crippen molar-refractivity contribution in [1.29, 1.82) is 0 Å². The summed E-state index contributed by atoms with van der Waals surface area (Å²) in [5, 5.41) is 8.48. The number of alkyl halides is 3. The Hall–Kier alpha value is -2.72. The lowest BCUT2D eigenvalue weighted by molar-refractivity contribution is -0.137. The number of rotatable bonds is 5. The van der Waals surface area contributed by atoms with Gasteiger partial charge in [0.25, 0.3) is 0 Å². The zero-order chi connectivity index (χ0) is 20.4. The third-order valence-corrected chi connectivity index (χ3v) is 6.16. The molecule has 0 aliphatic rings. The molecule has 1 aromatic heterocycles. The number of sulfone groups is 1. The first-order valence-corrected chi connectivity index (χ1v) is 10.4. The Morgan fingerprint density at radius 1 is 1.07 bits per heavy atom. The van der Waals surface area contributed by atoms with E-state index >= 15 is 0 Å². The lowest BCUT2D eigenvalue weighted by Gasteiger charge is -2.06. The van der Waals surface area contributed by atoms with E-state index in [0.717, 1.165) is 12.1 Å². The highest BCUT2D eigenvalue weighted by atomic mass is 32.2. The summed E-state index contributed by atoms with van der Waals surface area (Å²) >= 11 is 1.18. The highest BCUT2D eigenvalue weighted by molar-refractivity contribution is 7.91. The molecular formula is C18H14F3N3O2S2. The topological polar surface area (TPSA) is 85.9 Å². The maximum atomic E-state index is 12.7. The van der Waals surface area contributed by atoms with Crippen molar-refractivity contribution in [2.45, 2.75) is 11.1 Å². The lowest BCUT2D eigenvalue weighted by Crippen LogP contribution is -2.05. The third-order valence-electron chi connectivity index (χ3n) is 3.74. The van der Waals surface area contributed by atoms with Crippen molar-refractivity contribution in [1.82, 2.24) is 10.2 Å². The second kappa shape index (κ2) is 7.72. The minimum Gasteiger partial charge on any atom is -0.374 e. The van der Waals surface area contributed by atoms with Crippen LogP contribution < -0.4 is 5.73 Å². The molecular weight excluding hydrogens is 411 g/mol. The zero-order valence-corrected chi connectivity index (χ0v) is 15.9. The van der Waals surface area contributed by atoms with Gasteiger partial charge in [0, 0.05) is 5.56 Å². The Balaban J connectivity index is 1.72. The van der Waals surface area contributed by atoms with Crippen molar-refractivity contribution in [3.8, 4) is 10.6 Å². The quantitative estimate of drug-likeness (QED) is 0.659. The summed E-state index contributed by atoms with van der Waals surface area (Å²) in [6.07, 6.45) is -1.77. The first-order valence-electron chi connectivity index (χ1n) is 7.91. The number of hydrogen-bond donors (Lipinski definition) is 1. The lowest BCUT2D eigenvalue weighted by atomic mass is 10.1. The third kappa shape index (κ3) is 4.76. The number of benzene rings is 2. The number of nitrogens with zero attached hydrogens (tertiary/aromatic N) is 2. The van der Waals surface area contributed by atoms with E-state index in [-0.39, 0.29) is 16.2 Å². The molecule has 0 atom stereocenters. The van der Waals surface area contributed by atoms with Gasteiger partial charge < -0.3 is 5.73 Å². The van der Waals surface area contributed by atoms with Crippen molar-refractivity contribution < 1.29 is 21.6 Å². The SMILES string of the molecule is Nc1nnc(-c2ccc(S(=O)(=O)CC=Cc3cccc(C(F)(F)F)c3)cc2)s1. The van der Waals surface area contributed by atoms with Gasteiger partial charge in [0.05, 0.1) is 16.2 Å². The van der Waals surface area contributed by atoms with Crippen LogP contribution in [-0.2, 0) is 16.0 Å². The fourth-order valence-corrected chi connectivity index (χ4v) is 4.09. The van der Waals surface area contributed by atoms with Crippen molar-refractivity contribution >= 4 is 32.4 Å². The van der Waals surface area contributed by atoms with E-state index in [0.29, 0.717) is 15.7 Å². The van der Waals surface area contributed by atoms with Gasteiger partial charge in [-0.25, -0.2) is 8.42 Å². The van der Waals surface area contributed by atoms with Gasteiger partial charge in [-0.1, -0.05) is 47.8 Å². The number of nitrogen functional groups attached to an aromatic ring is 1. The normalized spacial score (nSPS) is 12.5. The summed E-state index contributed by atoms with van der Waals surface area (Å²) in [5.74, 6) is -0.339. The van der Waals surface area contributed by atoms with Crippen molar-refractivity contribution in [2.24, 2.45) is 0 Å². The van der Waals surface area contributed by atoms with Crippen LogP contribution in [0.3, 0.4) is 0 Å². The average molecular weight is 425 g/mol. The van der Waals surface area contributed by atoms with Gasteiger partial charge in [0.15, 0.2) is 9.84 Å². The summed E-state index contributed by atoms with van der Waals surface area (Å²) in [6.45, 7) is 0. The Bertz CT molecular complexity index is 1110. The molecule has 3 aromatic rings. The van der Waals surface area contributed by atoms with E-state index in [4.69, 9.17) is 5.73 Å². The van der Waals surface area contributed by atoms with Crippen LogP contribution in [0.15, 0.2) is 59.5 Å². The molecule has 1 heterocycles. The van der Waals surface area contributed by atoms with E-state index in [1.165, 1.54) is 47.8 Å². The van der Waals surface area contributed by atoms with E-state index in [9.17, 15) is 21.6 Å². The fourth-order valence-electron chi connectivity index (χ4n) is 2.38. The molecule has 0 radical (unpaired) electrons. The van der Waals surface area contributed by atoms with Gasteiger partial charge in [0.1, 0.15) is 5.01 Å². The summed E-state index contributed by atoms with van der Waals surface area (Å²) in [4.78, 5) is 0.0995. The molecule has 0 saturated heterocycles. The van der Waals surface area contributed by atoms with Crippen molar-refractivity contribution in [2.75, 3.05) is 11.5 Å². The van der Waals surface area contributed by atoms with Crippen LogP contribution in [0.5, 0.6) is 0 Å². The first-order chi connectivity index (χ1) is 13.1. The molecule has 2 aromatic carbocycles. The maximum Gasteiger partial charge on any atom is 0.416 e. The minimum atomic E-state index is -4.45. The van der Waals surface area contributed by atoms with Gasteiger partial charge in [-0.15, -0.1) is 10.2 Å². The number of nitrogens with two attached hydrogens (primary N) is 1. The Morgan fingerprint density at radius 2 is 1.79 bits per heavy atom. The first kappa shape index (κ1) is 20.0. The molecule has 3 rings (SSSR count). The van der Waals surface area contributed by atoms with Crippen LogP contribution in [0, 0.1) is 0 Å². The largest absolute Gasteiger partial charge is 0.416 e. The standard InChI is InChI=1S/C18H14F3N3O2S2/c19-18(20,21)14-5-1-3-12(11-14)4-2-10-28(25,26)15-8-6-13(7-9-15)16-23-24-17(22)27-16/h1-9,11H,10H2,(H2,22,24). The second-order valence-corrected chi connectivity index (χ2v) is 8.82. The maximum absolute atomic E-state index is 12.7. The molecule has 2 N–H and O–H groups in total. The molecule has 0 aliphatic carbocycles. The van der Waals surface area contributed by atoms with Crippen LogP contribution in [0.25, 0.3) is 16.6 Å². The molecule has 0 saturated carbocycles. The fraction of sp³-hybridized carbons (Fsp3) is 0.111. The minimum absolute atomic E-state index is 0.0995. The molecule has 0 fully saturated rings. The van der Waals surface area contributed by atoms with Gasteiger partial charge in [-0.05, 0) is 29.8 Å². The molecule has 0 spiro atoms. The molecule has 0 bridgehead atoms. The van der Waals surface area contributed by atoms with Crippen LogP contribution >= 0.6 is 11.3 Å². The Labute approximate surface area is 163 Å². The van der Waals surface area contributed by atoms with E-state index in [1.54, 1.807) is 12.1 Å². The van der Waals surface area contributed by atoms with Gasteiger partial charge in [-0.2, -0.15) is 13.2 Å². The summed E-state index contributed by atoms with van der Waals surface area (Å²) < 4.78 is 63.0. The number of aromatic nitrogens is 2. The molecule has 5 nitrogen and oxygen atoms in total. The molecule has 10 heteroatoms. The van der Waals surface area contributed by atoms with Crippen molar-refractivity contribution in [3.05, 3.63) is 65.7 Å². The van der Waals surface area contributed by atoms with Crippen LogP contribution in [0.1, 0.15) is 11.1 Å². The summed E-state index contributed by atoms with van der Waals surface area (Å²) in [7, 11) is -3.63. The predicted octanol–water partition coefficient (Wildman–Crippen LogP) is 4.29. The number of anilines is 1. The van der Waals surface area contributed by atoms with E-state index in [1.807, 2.05) is 0 Å². The van der Waals surface area contributed by atoms with Gasteiger partial charge in [-0.3, -0.25) is 0 Å². The zero-order valence-electron chi connectivity index (χ0n) is 14.2. The molecule has 0 amide bonds. The summed E-state index contributed by atoms with van der Waals surface area (Å²) in [6, 6.07) is 10.8. The van der Waals surface area contributed by atoms with Crippen LogP contribution in [0.4, 0.5) is 18.3 Å². The monoisotopic (exact) mass is 425 g/mol. The van der Waals surface area contributed by atoms with Gasteiger partial charge in [0.2, 0.25) is 5.13 Å². The highest BCUT2D eigenvalue weighted by Crippen LogP contribution is 2.30. The Morgan fingerprint density at radius 3 is 2.39 bits per heavy atom. The Kier molecular flexibility index (Phi) is 5.52. The number of halogens is 3.